The lowest BCUT2D eigenvalue weighted by atomic mass is 10.0. The zero-order chi connectivity index (χ0) is 8.23. The van der Waals surface area contributed by atoms with E-state index in [0.29, 0.717) is 6.04 Å². The lowest BCUT2D eigenvalue weighted by Gasteiger charge is -2.17. The molecule has 0 aromatic heterocycles. The van der Waals surface area contributed by atoms with Crippen LogP contribution in [-0.2, 0) is 0 Å². The Hall–Kier alpha value is -0.300. The molecule has 1 fully saturated rings. The Balaban J connectivity index is 1.58. The standard InChI is InChI=1S/C11H19N/c1-2-4-11(5-3-1)12-9-8-10-6-7-10/h2,4,10-12H,1,3,5-9H2. The highest BCUT2D eigenvalue weighted by Crippen LogP contribution is 2.31. The Morgan fingerprint density at radius 3 is 2.83 bits per heavy atom. The fourth-order valence-electron chi connectivity index (χ4n) is 1.86. The van der Waals surface area contributed by atoms with Gasteiger partial charge in [-0.25, -0.2) is 0 Å². The minimum Gasteiger partial charge on any atom is -0.311 e. The molecule has 0 bridgehead atoms. The maximum atomic E-state index is 3.61. The molecule has 0 spiro atoms. The van der Waals surface area contributed by atoms with Crippen LogP contribution >= 0.6 is 0 Å². The van der Waals surface area contributed by atoms with Crippen LogP contribution < -0.4 is 5.32 Å². The van der Waals surface area contributed by atoms with Crippen molar-refractivity contribution in [3.8, 4) is 0 Å². The first-order valence-electron chi connectivity index (χ1n) is 5.35. The van der Waals surface area contributed by atoms with E-state index in [2.05, 4.69) is 17.5 Å². The monoisotopic (exact) mass is 165 g/mol. The van der Waals surface area contributed by atoms with Crippen molar-refractivity contribution >= 4 is 0 Å². The molecule has 2 aliphatic rings. The van der Waals surface area contributed by atoms with E-state index in [-0.39, 0.29) is 0 Å². The molecule has 0 aliphatic heterocycles. The van der Waals surface area contributed by atoms with Crippen LogP contribution in [0, 0.1) is 5.92 Å². The normalized spacial score (nSPS) is 29.2. The number of hydrogen-bond donors (Lipinski definition) is 1. The van der Waals surface area contributed by atoms with Gasteiger partial charge >= 0.3 is 0 Å². The van der Waals surface area contributed by atoms with Crippen molar-refractivity contribution < 1.29 is 0 Å². The minimum absolute atomic E-state index is 0.692. The van der Waals surface area contributed by atoms with Gasteiger partial charge in [0.15, 0.2) is 0 Å². The van der Waals surface area contributed by atoms with Crippen LogP contribution in [0.3, 0.4) is 0 Å². The smallest absolute Gasteiger partial charge is 0.0250 e. The summed E-state index contributed by atoms with van der Waals surface area (Å²) < 4.78 is 0. The summed E-state index contributed by atoms with van der Waals surface area (Å²) >= 11 is 0. The van der Waals surface area contributed by atoms with Gasteiger partial charge in [-0.05, 0) is 38.1 Å². The van der Waals surface area contributed by atoms with Crippen LogP contribution in [0.15, 0.2) is 12.2 Å². The molecule has 0 aromatic carbocycles. The highest BCUT2D eigenvalue weighted by Gasteiger charge is 2.20. The predicted octanol–water partition coefficient (Wildman–Crippen LogP) is 2.48. The third-order valence-corrected chi connectivity index (χ3v) is 2.91. The third kappa shape index (κ3) is 2.63. The van der Waals surface area contributed by atoms with E-state index in [4.69, 9.17) is 0 Å². The van der Waals surface area contributed by atoms with Crippen LogP contribution in [-0.4, -0.2) is 12.6 Å². The maximum absolute atomic E-state index is 3.61. The second kappa shape index (κ2) is 4.08. The molecule has 12 heavy (non-hydrogen) atoms. The zero-order valence-electron chi connectivity index (χ0n) is 7.76. The van der Waals surface area contributed by atoms with Crippen LogP contribution in [0.25, 0.3) is 0 Å². The molecule has 1 heteroatoms. The van der Waals surface area contributed by atoms with E-state index in [9.17, 15) is 0 Å². The zero-order valence-corrected chi connectivity index (χ0v) is 7.76. The molecule has 1 N–H and O–H groups in total. The summed E-state index contributed by atoms with van der Waals surface area (Å²) in [5.41, 5.74) is 0. The molecule has 1 unspecified atom stereocenters. The van der Waals surface area contributed by atoms with Crippen molar-refractivity contribution in [2.45, 2.75) is 44.6 Å². The van der Waals surface area contributed by atoms with Gasteiger partial charge in [-0.3, -0.25) is 0 Å². The van der Waals surface area contributed by atoms with Gasteiger partial charge in [-0.15, -0.1) is 0 Å². The van der Waals surface area contributed by atoms with Gasteiger partial charge in [0.25, 0.3) is 0 Å². The predicted molar refractivity (Wildman–Crippen MR) is 52.1 cm³/mol. The average Bonchev–Trinajstić information content (AvgIpc) is 2.90. The first-order chi connectivity index (χ1) is 5.95. The highest BCUT2D eigenvalue weighted by molar-refractivity contribution is 4.97. The number of nitrogens with one attached hydrogen (secondary N) is 1. The molecule has 1 saturated carbocycles. The van der Waals surface area contributed by atoms with Crippen molar-refractivity contribution in [1.29, 1.82) is 0 Å². The van der Waals surface area contributed by atoms with Crippen molar-refractivity contribution in [2.24, 2.45) is 5.92 Å². The molecule has 2 aliphatic carbocycles. The summed E-state index contributed by atoms with van der Waals surface area (Å²) in [6.07, 6.45) is 13.1. The van der Waals surface area contributed by atoms with Gasteiger partial charge in [-0.1, -0.05) is 25.0 Å². The van der Waals surface area contributed by atoms with Gasteiger partial charge in [0, 0.05) is 6.04 Å². The molecule has 0 aromatic rings. The van der Waals surface area contributed by atoms with E-state index in [0.717, 1.165) is 5.92 Å². The molecular formula is C11H19N. The van der Waals surface area contributed by atoms with Gasteiger partial charge in [-0.2, -0.15) is 0 Å². The summed E-state index contributed by atoms with van der Waals surface area (Å²) in [4.78, 5) is 0. The van der Waals surface area contributed by atoms with Gasteiger partial charge in [0.05, 0.1) is 0 Å². The second-order valence-electron chi connectivity index (χ2n) is 4.15. The SMILES string of the molecule is C1=CC(NCCC2CC2)CCC1. The summed E-state index contributed by atoms with van der Waals surface area (Å²) in [6.45, 7) is 1.24. The van der Waals surface area contributed by atoms with E-state index >= 15 is 0 Å². The summed E-state index contributed by atoms with van der Waals surface area (Å²) in [5.74, 6) is 1.07. The lowest BCUT2D eigenvalue weighted by Crippen LogP contribution is -2.29. The van der Waals surface area contributed by atoms with Crippen molar-refractivity contribution in [3.05, 3.63) is 12.2 Å². The first-order valence-corrected chi connectivity index (χ1v) is 5.35. The Kier molecular flexibility index (Phi) is 2.83. The fraction of sp³-hybridized carbons (Fsp3) is 0.818. The summed E-state index contributed by atoms with van der Waals surface area (Å²) in [5, 5.41) is 3.61. The van der Waals surface area contributed by atoms with E-state index in [1.807, 2.05) is 0 Å². The third-order valence-electron chi connectivity index (χ3n) is 2.91. The molecule has 1 atom stereocenters. The Bertz CT molecular complexity index is 158. The molecule has 68 valence electrons. The number of rotatable bonds is 4. The molecule has 0 radical (unpaired) electrons. The van der Waals surface area contributed by atoms with Crippen LogP contribution in [0.2, 0.25) is 0 Å². The Morgan fingerprint density at radius 2 is 2.17 bits per heavy atom. The van der Waals surface area contributed by atoms with E-state index in [1.54, 1.807) is 0 Å². The summed E-state index contributed by atoms with van der Waals surface area (Å²) in [6, 6.07) is 0.692. The maximum Gasteiger partial charge on any atom is 0.0250 e. The molecule has 2 rings (SSSR count). The minimum atomic E-state index is 0.692. The number of allylic oxidation sites excluding steroid dienone is 1. The number of hydrogen-bond acceptors (Lipinski definition) is 1. The van der Waals surface area contributed by atoms with Gasteiger partial charge in [0.2, 0.25) is 0 Å². The van der Waals surface area contributed by atoms with Crippen molar-refractivity contribution in [3.63, 3.8) is 0 Å². The quantitative estimate of drug-likeness (QED) is 0.631. The van der Waals surface area contributed by atoms with Gasteiger partial charge < -0.3 is 5.32 Å². The van der Waals surface area contributed by atoms with E-state index in [1.165, 1.54) is 45.1 Å². The topological polar surface area (TPSA) is 12.0 Å². The molecule has 0 heterocycles. The Morgan fingerprint density at radius 1 is 1.25 bits per heavy atom. The van der Waals surface area contributed by atoms with E-state index < -0.39 is 0 Å². The lowest BCUT2D eigenvalue weighted by molar-refractivity contribution is 0.504. The largest absolute Gasteiger partial charge is 0.311 e. The Labute approximate surface area is 75.2 Å². The second-order valence-corrected chi connectivity index (χ2v) is 4.15. The molecular weight excluding hydrogens is 146 g/mol. The fourth-order valence-corrected chi connectivity index (χ4v) is 1.86. The summed E-state index contributed by atoms with van der Waals surface area (Å²) in [7, 11) is 0. The average molecular weight is 165 g/mol. The van der Waals surface area contributed by atoms with Crippen molar-refractivity contribution in [2.75, 3.05) is 6.54 Å². The first kappa shape index (κ1) is 8.31. The van der Waals surface area contributed by atoms with Crippen LogP contribution in [0.1, 0.15) is 38.5 Å². The molecule has 1 nitrogen and oxygen atoms in total. The van der Waals surface area contributed by atoms with Gasteiger partial charge in [0.1, 0.15) is 0 Å². The van der Waals surface area contributed by atoms with Crippen LogP contribution in [0.4, 0.5) is 0 Å². The highest BCUT2D eigenvalue weighted by atomic mass is 14.9. The van der Waals surface area contributed by atoms with Crippen LogP contribution in [0.5, 0.6) is 0 Å². The molecule has 0 saturated heterocycles. The van der Waals surface area contributed by atoms with Crippen molar-refractivity contribution in [1.82, 2.24) is 5.32 Å². The molecule has 0 amide bonds.